The van der Waals surface area contributed by atoms with Crippen LogP contribution in [0.1, 0.15) is 5.56 Å². The summed E-state index contributed by atoms with van der Waals surface area (Å²) in [5.74, 6) is 2.25. The number of methoxy groups -OCH3 is 1. The van der Waals surface area contributed by atoms with Crippen LogP contribution in [0.15, 0.2) is 29.7 Å². The van der Waals surface area contributed by atoms with Gasteiger partial charge in [0.25, 0.3) is 0 Å². The summed E-state index contributed by atoms with van der Waals surface area (Å²) in [7, 11) is 3.49. The van der Waals surface area contributed by atoms with Crippen LogP contribution in [0.3, 0.4) is 0 Å². The number of hydrogen-bond acceptors (Lipinski definition) is 6. The van der Waals surface area contributed by atoms with Crippen molar-refractivity contribution in [3.63, 3.8) is 0 Å². The number of rotatable bonds is 6. The number of carbonyl (C=O) groups is 1. The maximum atomic E-state index is 12.0. The van der Waals surface area contributed by atoms with Crippen molar-refractivity contribution >= 4 is 17.7 Å². The third kappa shape index (κ3) is 4.00. The van der Waals surface area contributed by atoms with Crippen molar-refractivity contribution < 1.29 is 14.3 Å². The van der Waals surface area contributed by atoms with Crippen LogP contribution in [0, 0.1) is 5.92 Å². The van der Waals surface area contributed by atoms with E-state index in [-0.39, 0.29) is 11.8 Å². The van der Waals surface area contributed by atoms with E-state index >= 15 is 0 Å². The minimum Gasteiger partial charge on any atom is -0.497 e. The van der Waals surface area contributed by atoms with E-state index in [1.807, 2.05) is 25.2 Å². The third-order valence-electron chi connectivity index (χ3n) is 3.85. The van der Waals surface area contributed by atoms with Gasteiger partial charge in [-0.3, -0.25) is 4.79 Å². The number of thioether (sulfide) groups is 1. The first kappa shape index (κ1) is 16.6. The number of aryl methyl sites for hydroxylation is 1. The van der Waals surface area contributed by atoms with Gasteiger partial charge >= 0.3 is 0 Å². The Hall–Kier alpha value is -2.22. The lowest BCUT2D eigenvalue weighted by Crippen LogP contribution is -2.35. The Morgan fingerprint density at radius 1 is 1.54 bits per heavy atom. The predicted molar refractivity (Wildman–Crippen MR) is 90.4 cm³/mol. The average molecular weight is 348 g/mol. The number of ether oxygens (including phenoxy) is 2. The van der Waals surface area contributed by atoms with Gasteiger partial charge in [0.2, 0.25) is 5.91 Å². The second-order valence-electron chi connectivity index (χ2n) is 5.67. The van der Waals surface area contributed by atoms with Crippen molar-refractivity contribution in [1.82, 2.24) is 20.1 Å². The molecule has 0 bridgehead atoms. The molecular formula is C16H20N4O3S. The van der Waals surface area contributed by atoms with Gasteiger partial charge in [0, 0.05) is 25.6 Å². The molecule has 2 heterocycles. The van der Waals surface area contributed by atoms with Gasteiger partial charge in [0.05, 0.1) is 19.5 Å². The summed E-state index contributed by atoms with van der Waals surface area (Å²) in [5, 5.41) is 11.4. The molecule has 8 heteroatoms. The van der Waals surface area contributed by atoms with E-state index in [1.54, 1.807) is 18.0 Å². The highest BCUT2D eigenvalue weighted by Gasteiger charge is 2.21. The number of amides is 1. The number of benzene rings is 1. The molecule has 3 rings (SSSR count). The fraction of sp³-hybridized carbons (Fsp3) is 0.438. The molecule has 0 fully saturated rings. The van der Waals surface area contributed by atoms with Crippen LogP contribution in [0.25, 0.3) is 0 Å². The highest BCUT2D eigenvalue weighted by atomic mass is 32.2. The molecule has 1 aromatic carbocycles. The molecule has 1 aliphatic rings. The lowest BCUT2D eigenvalue weighted by atomic mass is 9.96. The van der Waals surface area contributed by atoms with E-state index in [0.29, 0.717) is 18.9 Å². The van der Waals surface area contributed by atoms with E-state index in [0.717, 1.165) is 28.6 Å². The van der Waals surface area contributed by atoms with Crippen LogP contribution in [0.5, 0.6) is 11.5 Å². The molecule has 1 amide bonds. The van der Waals surface area contributed by atoms with Gasteiger partial charge in [0.1, 0.15) is 17.8 Å². The summed E-state index contributed by atoms with van der Waals surface area (Å²) < 4.78 is 12.8. The molecule has 1 aliphatic heterocycles. The number of nitrogens with one attached hydrogen (secondary N) is 1. The highest BCUT2D eigenvalue weighted by Crippen LogP contribution is 2.30. The van der Waals surface area contributed by atoms with Crippen LogP contribution in [-0.2, 0) is 18.3 Å². The highest BCUT2D eigenvalue weighted by molar-refractivity contribution is 7.99. The standard InChI is InChI=1S/C16H20N4O3S/c1-20-10-18-19-16(20)24-9-15(21)17-7-11-5-12-3-4-13(22-2)6-14(12)23-8-11/h3-4,6,10-11H,5,7-9H2,1-2H3,(H,17,21). The van der Waals surface area contributed by atoms with Crippen molar-refractivity contribution in [1.29, 1.82) is 0 Å². The lowest BCUT2D eigenvalue weighted by Gasteiger charge is -2.25. The molecule has 0 saturated carbocycles. The molecule has 2 aromatic rings. The quantitative estimate of drug-likeness (QED) is 0.793. The van der Waals surface area contributed by atoms with Crippen LogP contribution in [0.2, 0.25) is 0 Å². The van der Waals surface area contributed by atoms with Crippen LogP contribution in [-0.4, -0.2) is 46.7 Å². The Balaban J connectivity index is 1.45. The monoisotopic (exact) mass is 348 g/mol. The molecule has 0 spiro atoms. The molecule has 128 valence electrons. The van der Waals surface area contributed by atoms with Crippen molar-refractivity contribution in [2.75, 3.05) is 26.0 Å². The van der Waals surface area contributed by atoms with Gasteiger partial charge in [-0.25, -0.2) is 0 Å². The molecule has 1 unspecified atom stereocenters. The molecule has 0 saturated heterocycles. The number of aromatic nitrogens is 3. The molecular weight excluding hydrogens is 328 g/mol. The number of fused-ring (bicyclic) bond motifs is 1. The summed E-state index contributed by atoms with van der Waals surface area (Å²) in [6, 6.07) is 5.86. The number of carbonyl (C=O) groups excluding carboxylic acids is 1. The molecule has 1 N–H and O–H groups in total. The summed E-state index contributed by atoms with van der Waals surface area (Å²) in [6.07, 6.45) is 2.50. The SMILES string of the molecule is COc1ccc2c(c1)OCC(CNC(=O)CSc1nncn1C)C2. The minimum atomic E-state index is -0.0106. The first-order chi connectivity index (χ1) is 11.7. The van der Waals surface area contributed by atoms with Gasteiger partial charge in [-0.05, 0) is 18.1 Å². The number of nitrogens with zero attached hydrogens (tertiary/aromatic N) is 3. The Morgan fingerprint density at radius 3 is 3.17 bits per heavy atom. The van der Waals surface area contributed by atoms with Gasteiger partial charge in [0.15, 0.2) is 5.16 Å². The fourth-order valence-corrected chi connectivity index (χ4v) is 3.23. The Bertz CT molecular complexity index is 719. The predicted octanol–water partition coefficient (Wildman–Crippen LogP) is 1.28. The average Bonchev–Trinajstić information content (AvgIpc) is 3.02. The van der Waals surface area contributed by atoms with Crippen molar-refractivity contribution in [3.05, 3.63) is 30.1 Å². The van der Waals surface area contributed by atoms with Crippen molar-refractivity contribution in [3.8, 4) is 11.5 Å². The maximum absolute atomic E-state index is 12.0. The van der Waals surface area contributed by atoms with Crippen LogP contribution >= 0.6 is 11.8 Å². The van der Waals surface area contributed by atoms with Crippen molar-refractivity contribution in [2.45, 2.75) is 11.6 Å². The van der Waals surface area contributed by atoms with Gasteiger partial charge < -0.3 is 19.4 Å². The van der Waals surface area contributed by atoms with E-state index in [4.69, 9.17) is 9.47 Å². The third-order valence-corrected chi connectivity index (χ3v) is 4.88. The maximum Gasteiger partial charge on any atom is 0.230 e. The Morgan fingerprint density at radius 2 is 2.42 bits per heavy atom. The number of hydrogen-bond donors (Lipinski definition) is 1. The fourth-order valence-electron chi connectivity index (χ4n) is 2.52. The van der Waals surface area contributed by atoms with E-state index < -0.39 is 0 Å². The molecule has 24 heavy (non-hydrogen) atoms. The van der Waals surface area contributed by atoms with Crippen molar-refractivity contribution in [2.24, 2.45) is 13.0 Å². The van der Waals surface area contributed by atoms with Gasteiger partial charge in [-0.15, -0.1) is 10.2 Å². The molecule has 1 atom stereocenters. The Labute approximate surface area is 144 Å². The van der Waals surface area contributed by atoms with Crippen LogP contribution in [0.4, 0.5) is 0 Å². The molecule has 0 aliphatic carbocycles. The first-order valence-corrected chi connectivity index (χ1v) is 8.67. The van der Waals surface area contributed by atoms with E-state index in [1.165, 1.54) is 11.8 Å². The first-order valence-electron chi connectivity index (χ1n) is 7.69. The zero-order valence-corrected chi connectivity index (χ0v) is 14.5. The molecule has 0 radical (unpaired) electrons. The zero-order valence-electron chi connectivity index (χ0n) is 13.7. The van der Waals surface area contributed by atoms with E-state index in [2.05, 4.69) is 15.5 Å². The molecule has 1 aromatic heterocycles. The van der Waals surface area contributed by atoms with Gasteiger partial charge in [-0.2, -0.15) is 0 Å². The summed E-state index contributed by atoms with van der Waals surface area (Å²) >= 11 is 1.37. The second kappa shape index (κ2) is 7.57. The summed E-state index contributed by atoms with van der Waals surface area (Å²) in [5.41, 5.74) is 1.15. The lowest BCUT2D eigenvalue weighted by molar-refractivity contribution is -0.118. The summed E-state index contributed by atoms with van der Waals surface area (Å²) in [6.45, 7) is 1.19. The normalized spacial score (nSPS) is 16.2. The topological polar surface area (TPSA) is 78.3 Å². The van der Waals surface area contributed by atoms with Gasteiger partial charge in [-0.1, -0.05) is 17.8 Å². The minimum absolute atomic E-state index is 0.0106. The molecule has 7 nitrogen and oxygen atoms in total. The largest absolute Gasteiger partial charge is 0.497 e. The zero-order chi connectivity index (χ0) is 16.9. The Kier molecular flexibility index (Phi) is 5.24. The summed E-state index contributed by atoms with van der Waals surface area (Å²) in [4.78, 5) is 12.0. The second-order valence-corrected chi connectivity index (χ2v) is 6.61. The van der Waals surface area contributed by atoms with Crippen LogP contribution < -0.4 is 14.8 Å². The smallest absolute Gasteiger partial charge is 0.230 e. The van der Waals surface area contributed by atoms with E-state index in [9.17, 15) is 4.79 Å².